The fourth-order valence-corrected chi connectivity index (χ4v) is 4.97. The topological polar surface area (TPSA) is 12.0 Å². The van der Waals surface area contributed by atoms with E-state index in [9.17, 15) is 0 Å². The molecule has 0 aromatic rings. The molecule has 0 amide bonds. The summed E-state index contributed by atoms with van der Waals surface area (Å²) < 4.78 is 0. The second-order valence-corrected chi connectivity index (χ2v) is 10.3. The quantitative estimate of drug-likeness (QED) is 0.134. The van der Waals surface area contributed by atoms with E-state index in [1.807, 2.05) is 0 Å². The van der Waals surface area contributed by atoms with Crippen LogP contribution in [0.1, 0.15) is 143 Å². The van der Waals surface area contributed by atoms with Crippen molar-refractivity contribution in [2.24, 2.45) is 5.92 Å². The predicted molar refractivity (Wildman–Crippen MR) is 151 cm³/mol. The molecule has 1 aliphatic rings. The van der Waals surface area contributed by atoms with Crippen molar-refractivity contribution in [1.29, 1.82) is 0 Å². The van der Waals surface area contributed by atoms with Crippen molar-refractivity contribution in [2.75, 3.05) is 6.54 Å². The van der Waals surface area contributed by atoms with Crippen LogP contribution in [0.2, 0.25) is 0 Å². The number of hydrogen-bond donors (Lipinski definition) is 1. The SMILES string of the molecule is C=C(NCCCCCCCCCCCCCCCCCC)/C(=C/C)C1=CC(CC)=CCC1C. The van der Waals surface area contributed by atoms with E-state index in [-0.39, 0.29) is 0 Å². The molecular weight excluding hydrogens is 398 g/mol. The first-order chi connectivity index (χ1) is 16.1. The van der Waals surface area contributed by atoms with Gasteiger partial charge in [0.1, 0.15) is 0 Å². The van der Waals surface area contributed by atoms with Crippen molar-refractivity contribution in [3.05, 3.63) is 47.2 Å². The van der Waals surface area contributed by atoms with Gasteiger partial charge in [-0.2, -0.15) is 0 Å². The molecule has 0 aromatic carbocycles. The highest BCUT2D eigenvalue weighted by molar-refractivity contribution is 5.50. The monoisotopic (exact) mass is 455 g/mol. The molecule has 1 rings (SSSR count). The zero-order chi connectivity index (χ0) is 24.2. The van der Waals surface area contributed by atoms with Crippen LogP contribution < -0.4 is 5.32 Å². The van der Waals surface area contributed by atoms with Gasteiger partial charge in [-0.25, -0.2) is 0 Å². The molecule has 0 bridgehead atoms. The summed E-state index contributed by atoms with van der Waals surface area (Å²) in [7, 11) is 0. The molecule has 0 radical (unpaired) electrons. The number of nitrogens with one attached hydrogen (secondary N) is 1. The van der Waals surface area contributed by atoms with Gasteiger partial charge in [-0.3, -0.25) is 0 Å². The number of rotatable bonds is 21. The summed E-state index contributed by atoms with van der Waals surface area (Å²) >= 11 is 0. The van der Waals surface area contributed by atoms with Crippen LogP contribution in [0.15, 0.2) is 47.2 Å². The Morgan fingerprint density at radius 1 is 0.848 bits per heavy atom. The van der Waals surface area contributed by atoms with E-state index in [1.54, 1.807) is 0 Å². The van der Waals surface area contributed by atoms with Gasteiger partial charge in [0.2, 0.25) is 0 Å². The Hall–Kier alpha value is -1.24. The third kappa shape index (κ3) is 13.9. The molecule has 0 aliphatic heterocycles. The van der Waals surface area contributed by atoms with Crippen LogP contribution in [0, 0.1) is 5.92 Å². The predicted octanol–water partition coefficient (Wildman–Crippen LogP) is 10.6. The van der Waals surface area contributed by atoms with E-state index >= 15 is 0 Å². The summed E-state index contributed by atoms with van der Waals surface area (Å²) in [5, 5.41) is 3.61. The minimum Gasteiger partial charge on any atom is -0.385 e. The van der Waals surface area contributed by atoms with Gasteiger partial charge in [-0.05, 0) is 43.3 Å². The molecule has 1 atom stereocenters. The Balaban J connectivity index is 1.99. The molecule has 0 fully saturated rings. The van der Waals surface area contributed by atoms with Crippen LogP contribution in [0.3, 0.4) is 0 Å². The Bertz CT molecular complexity index is 592. The first-order valence-electron chi connectivity index (χ1n) is 14.6. The lowest BCUT2D eigenvalue weighted by molar-refractivity contribution is 0.528. The molecule has 33 heavy (non-hydrogen) atoms. The first kappa shape index (κ1) is 29.8. The smallest absolute Gasteiger partial charge is 0.0340 e. The zero-order valence-corrected chi connectivity index (χ0v) is 23.0. The first-order valence-corrected chi connectivity index (χ1v) is 14.6. The third-order valence-corrected chi connectivity index (χ3v) is 7.31. The third-order valence-electron chi connectivity index (χ3n) is 7.31. The largest absolute Gasteiger partial charge is 0.385 e. The highest BCUT2D eigenvalue weighted by atomic mass is 14.9. The number of allylic oxidation sites excluding steroid dienone is 5. The average molecular weight is 456 g/mol. The van der Waals surface area contributed by atoms with E-state index in [0.717, 1.165) is 25.1 Å². The van der Waals surface area contributed by atoms with Crippen molar-refractivity contribution in [1.82, 2.24) is 5.32 Å². The van der Waals surface area contributed by atoms with Gasteiger partial charge in [0, 0.05) is 12.2 Å². The molecule has 1 aliphatic carbocycles. The maximum atomic E-state index is 4.36. The highest BCUT2D eigenvalue weighted by Crippen LogP contribution is 2.32. The van der Waals surface area contributed by atoms with E-state index < -0.39 is 0 Å². The normalized spacial score (nSPS) is 16.5. The average Bonchev–Trinajstić information content (AvgIpc) is 2.82. The van der Waals surface area contributed by atoms with E-state index in [2.05, 4.69) is 57.8 Å². The molecule has 0 saturated heterocycles. The van der Waals surface area contributed by atoms with Crippen LogP contribution >= 0.6 is 0 Å². The van der Waals surface area contributed by atoms with Crippen LogP contribution in [0.25, 0.3) is 0 Å². The Morgan fingerprint density at radius 3 is 1.79 bits per heavy atom. The Labute approximate surface area is 208 Å². The van der Waals surface area contributed by atoms with E-state index in [1.165, 1.54) is 119 Å². The molecule has 0 heterocycles. The molecular formula is C32H57N. The number of unbranched alkanes of at least 4 members (excludes halogenated alkanes) is 15. The molecule has 1 nitrogen and oxygen atoms in total. The molecule has 0 saturated carbocycles. The summed E-state index contributed by atoms with van der Waals surface area (Å²) in [6, 6.07) is 0. The summed E-state index contributed by atoms with van der Waals surface area (Å²) in [4.78, 5) is 0. The van der Waals surface area contributed by atoms with E-state index in [0.29, 0.717) is 5.92 Å². The second-order valence-electron chi connectivity index (χ2n) is 10.3. The molecule has 1 N–H and O–H groups in total. The van der Waals surface area contributed by atoms with Gasteiger partial charge in [-0.1, -0.05) is 147 Å². The summed E-state index contributed by atoms with van der Waals surface area (Å²) in [6.07, 6.45) is 32.0. The highest BCUT2D eigenvalue weighted by Gasteiger charge is 2.18. The van der Waals surface area contributed by atoms with Gasteiger partial charge >= 0.3 is 0 Å². The lowest BCUT2D eigenvalue weighted by Gasteiger charge is -2.24. The van der Waals surface area contributed by atoms with Crippen molar-refractivity contribution in [2.45, 2.75) is 143 Å². The minimum atomic E-state index is 0.584. The molecule has 1 heteroatoms. The van der Waals surface area contributed by atoms with Crippen LogP contribution in [-0.2, 0) is 0 Å². The van der Waals surface area contributed by atoms with Gasteiger partial charge < -0.3 is 5.32 Å². The van der Waals surface area contributed by atoms with Crippen molar-refractivity contribution >= 4 is 0 Å². The maximum Gasteiger partial charge on any atom is 0.0340 e. The van der Waals surface area contributed by atoms with Crippen molar-refractivity contribution in [3.63, 3.8) is 0 Å². The van der Waals surface area contributed by atoms with Crippen LogP contribution in [0.4, 0.5) is 0 Å². The molecule has 0 spiro atoms. The standard InChI is InChI=1S/C32H57N/c1-6-9-10-11-12-13-14-15-16-17-18-19-20-21-22-23-26-33-29(5)31(8-3)32-27-30(7-2)25-24-28(32)4/h8,25,27-28,33H,5-7,9-24,26H2,1-4H3/b31-8-. The fraction of sp³-hybridized carbons (Fsp3) is 0.750. The van der Waals surface area contributed by atoms with Gasteiger partial charge in [0.05, 0.1) is 0 Å². The zero-order valence-electron chi connectivity index (χ0n) is 23.0. The number of hydrogen-bond acceptors (Lipinski definition) is 1. The fourth-order valence-electron chi connectivity index (χ4n) is 4.97. The van der Waals surface area contributed by atoms with Gasteiger partial charge in [-0.15, -0.1) is 0 Å². The second kappa shape index (κ2) is 20.2. The Kier molecular flexibility index (Phi) is 18.2. The van der Waals surface area contributed by atoms with Crippen molar-refractivity contribution < 1.29 is 0 Å². The summed E-state index contributed by atoms with van der Waals surface area (Å²) in [5.41, 5.74) is 5.35. The summed E-state index contributed by atoms with van der Waals surface area (Å²) in [6.45, 7) is 14.4. The lowest BCUT2D eigenvalue weighted by atomic mass is 9.83. The summed E-state index contributed by atoms with van der Waals surface area (Å²) in [5.74, 6) is 0.584. The Morgan fingerprint density at radius 2 is 1.33 bits per heavy atom. The molecule has 1 unspecified atom stereocenters. The molecule has 190 valence electrons. The van der Waals surface area contributed by atoms with Crippen LogP contribution in [-0.4, -0.2) is 6.54 Å². The maximum absolute atomic E-state index is 4.36. The lowest BCUT2D eigenvalue weighted by Crippen LogP contribution is -2.18. The molecule has 0 aromatic heterocycles. The minimum absolute atomic E-state index is 0.584. The van der Waals surface area contributed by atoms with Crippen LogP contribution in [0.5, 0.6) is 0 Å². The van der Waals surface area contributed by atoms with Crippen molar-refractivity contribution in [3.8, 4) is 0 Å². The van der Waals surface area contributed by atoms with Gasteiger partial charge in [0.25, 0.3) is 0 Å². The van der Waals surface area contributed by atoms with Gasteiger partial charge in [0.15, 0.2) is 0 Å². The van der Waals surface area contributed by atoms with E-state index in [4.69, 9.17) is 0 Å².